The highest BCUT2D eigenvalue weighted by atomic mass is 16.6. The van der Waals surface area contributed by atoms with Gasteiger partial charge in [0.05, 0.1) is 0 Å². The lowest BCUT2D eigenvalue weighted by molar-refractivity contribution is -1.13. The molecule has 3 nitrogen and oxygen atoms in total. The number of nitrogens with zero attached hydrogens (tertiary/aromatic N) is 1. The quantitative estimate of drug-likeness (QED) is 0.481. The van der Waals surface area contributed by atoms with E-state index < -0.39 is 6.23 Å². The molecule has 0 aromatic rings. The van der Waals surface area contributed by atoms with Crippen LogP contribution in [0, 0.1) is 5.92 Å². The zero-order chi connectivity index (χ0) is 7.19. The van der Waals surface area contributed by atoms with E-state index in [4.69, 9.17) is 0 Å². The average molecular weight is 144 g/mol. The zero-order valence-corrected chi connectivity index (χ0v) is 6.03. The first-order chi connectivity index (χ1) is 4.72. The van der Waals surface area contributed by atoms with Gasteiger partial charge in [0.2, 0.25) is 6.23 Å². The number of hydrogen-bond donors (Lipinski definition) is 2. The smallest absolute Gasteiger partial charge is 0.223 e. The predicted molar refractivity (Wildman–Crippen MR) is 35.1 cm³/mol. The Morgan fingerprint density at radius 2 is 2.00 bits per heavy atom. The molecule has 2 fully saturated rings. The molecule has 58 valence electrons. The number of aliphatic hydroxyl groups is 1. The Morgan fingerprint density at radius 3 is 2.60 bits per heavy atom. The SMILES string of the molecule is OC1C2CCC[N+]1(O)CC2. The van der Waals surface area contributed by atoms with Gasteiger partial charge in [0.1, 0.15) is 13.1 Å². The minimum atomic E-state index is -0.478. The average Bonchev–Trinajstić information content (AvgIpc) is 2.18. The number of quaternary nitrogens is 1. The Kier molecular flexibility index (Phi) is 1.27. The van der Waals surface area contributed by atoms with E-state index in [0.29, 0.717) is 5.92 Å². The van der Waals surface area contributed by atoms with E-state index in [0.717, 1.165) is 32.4 Å². The van der Waals surface area contributed by atoms with Gasteiger partial charge in [0.15, 0.2) is 0 Å². The maximum atomic E-state index is 9.68. The minimum absolute atomic E-state index is 0.0648. The van der Waals surface area contributed by atoms with Crippen LogP contribution in [0.4, 0.5) is 0 Å². The Balaban J connectivity index is 2.21. The van der Waals surface area contributed by atoms with E-state index in [-0.39, 0.29) is 4.65 Å². The Hall–Kier alpha value is -0.120. The number of hydrogen-bond acceptors (Lipinski definition) is 2. The van der Waals surface area contributed by atoms with E-state index in [1.54, 1.807) is 0 Å². The van der Waals surface area contributed by atoms with Crippen LogP contribution in [0.3, 0.4) is 0 Å². The topological polar surface area (TPSA) is 40.5 Å². The molecule has 0 spiro atoms. The molecule has 0 aromatic heterocycles. The highest BCUT2D eigenvalue weighted by molar-refractivity contribution is 4.72. The van der Waals surface area contributed by atoms with Gasteiger partial charge in [-0.1, -0.05) is 0 Å². The molecule has 0 radical (unpaired) electrons. The van der Waals surface area contributed by atoms with E-state index >= 15 is 0 Å². The van der Waals surface area contributed by atoms with Gasteiger partial charge in [-0.15, -0.1) is 0 Å². The van der Waals surface area contributed by atoms with E-state index in [9.17, 15) is 10.3 Å². The lowest BCUT2D eigenvalue weighted by atomic mass is 9.99. The van der Waals surface area contributed by atoms with Crippen LogP contribution in [0.2, 0.25) is 0 Å². The van der Waals surface area contributed by atoms with Crippen LogP contribution >= 0.6 is 0 Å². The first-order valence-electron chi connectivity index (χ1n) is 4.00. The lowest BCUT2D eigenvalue weighted by Gasteiger charge is -2.33. The van der Waals surface area contributed by atoms with Crippen molar-refractivity contribution < 1.29 is 15.0 Å². The third-order valence-corrected chi connectivity index (χ3v) is 2.92. The van der Waals surface area contributed by atoms with Gasteiger partial charge in [-0.2, -0.15) is 4.65 Å². The Bertz CT molecular complexity index is 147. The first-order valence-corrected chi connectivity index (χ1v) is 4.00. The maximum absolute atomic E-state index is 9.68. The molecule has 0 aliphatic carbocycles. The normalized spacial score (nSPS) is 53.4. The van der Waals surface area contributed by atoms with Crippen molar-refractivity contribution in [2.45, 2.75) is 25.5 Å². The van der Waals surface area contributed by atoms with Crippen LogP contribution in [-0.4, -0.2) is 34.3 Å². The second kappa shape index (κ2) is 1.94. The summed E-state index contributed by atoms with van der Waals surface area (Å²) in [6.07, 6.45) is 2.69. The predicted octanol–water partition coefficient (Wildman–Crippen LogP) is 0.325. The Labute approximate surface area is 60.4 Å². The fourth-order valence-corrected chi connectivity index (χ4v) is 2.23. The second-order valence-corrected chi connectivity index (χ2v) is 3.54. The molecule has 2 aliphatic rings. The maximum Gasteiger partial charge on any atom is 0.223 e. The second-order valence-electron chi connectivity index (χ2n) is 3.54. The van der Waals surface area contributed by atoms with Crippen molar-refractivity contribution in [1.29, 1.82) is 0 Å². The van der Waals surface area contributed by atoms with Gasteiger partial charge in [-0.05, 0) is 6.42 Å². The summed E-state index contributed by atoms with van der Waals surface area (Å²) in [4.78, 5) is 0. The summed E-state index contributed by atoms with van der Waals surface area (Å²) in [6, 6.07) is 0. The van der Waals surface area contributed by atoms with E-state index in [1.807, 2.05) is 0 Å². The standard InChI is InChI=1S/C7H14NO2/c9-7-6-2-1-4-8(7,10)5-3-6/h6-7,9-10H,1-5H2/q+1. The van der Waals surface area contributed by atoms with E-state index in [1.165, 1.54) is 0 Å². The fraction of sp³-hybridized carbons (Fsp3) is 1.00. The van der Waals surface area contributed by atoms with Gasteiger partial charge in [-0.3, -0.25) is 0 Å². The van der Waals surface area contributed by atoms with Gasteiger partial charge in [0.25, 0.3) is 0 Å². The van der Waals surface area contributed by atoms with Crippen molar-refractivity contribution in [2.24, 2.45) is 5.92 Å². The zero-order valence-electron chi connectivity index (χ0n) is 6.03. The van der Waals surface area contributed by atoms with Crippen molar-refractivity contribution in [2.75, 3.05) is 13.1 Å². The molecule has 3 unspecified atom stereocenters. The number of hydroxylamine groups is 3. The molecule has 0 aromatic carbocycles. The van der Waals surface area contributed by atoms with Crippen molar-refractivity contribution in [1.82, 2.24) is 0 Å². The van der Waals surface area contributed by atoms with E-state index in [2.05, 4.69) is 0 Å². The highest BCUT2D eigenvalue weighted by Crippen LogP contribution is 2.36. The molecule has 2 saturated heterocycles. The summed E-state index contributed by atoms with van der Waals surface area (Å²) in [5.74, 6) is 0.374. The molecule has 2 bridgehead atoms. The van der Waals surface area contributed by atoms with Gasteiger partial charge < -0.3 is 5.11 Å². The lowest BCUT2D eigenvalue weighted by Crippen LogP contribution is -2.53. The molecule has 2 heterocycles. The summed E-state index contributed by atoms with van der Waals surface area (Å²) < 4.78 is -0.0648. The third kappa shape index (κ3) is 0.713. The van der Waals surface area contributed by atoms with Crippen LogP contribution in [-0.2, 0) is 0 Å². The van der Waals surface area contributed by atoms with Crippen LogP contribution in [0.5, 0.6) is 0 Å². The molecule has 2 N–H and O–H groups in total. The van der Waals surface area contributed by atoms with Crippen LogP contribution in [0.25, 0.3) is 0 Å². The molecule has 10 heavy (non-hydrogen) atoms. The molecule has 0 amide bonds. The van der Waals surface area contributed by atoms with Crippen molar-refractivity contribution in [3.63, 3.8) is 0 Å². The summed E-state index contributed by atoms with van der Waals surface area (Å²) in [5.41, 5.74) is 0. The van der Waals surface area contributed by atoms with Crippen molar-refractivity contribution >= 4 is 0 Å². The molecule has 0 saturated carbocycles. The summed E-state index contributed by atoms with van der Waals surface area (Å²) >= 11 is 0. The largest absolute Gasteiger partial charge is 0.342 e. The number of rotatable bonds is 0. The number of fused-ring (bicyclic) bond motifs is 2. The summed E-state index contributed by atoms with van der Waals surface area (Å²) in [6.45, 7) is 1.50. The van der Waals surface area contributed by atoms with Crippen molar-refractivity contribution in [3.05, 3.63) is 0 Å². The fourth-order valence-electron chi connectivity index (χ4n) is 2.23. The van der Waals surface area contributed by atoms with Crippen LogP contribution < -0.4 is 0 Å². The van der Waals surface area contributed by atoms with Gasteiger partial charge in [0, 0.05) is 18.8 Å². The molecular weight excluding hydrogens is 130 g/mol. The number of piperidine rings is 1. The molecular formula is C7H14NO2+. The summed E-state index contributed by atoms with van der Waals surface area (Å²) in [7, 11) is 0. The monoisotopic (exact) mass is 144 g/mol. The summed E-state index contributed by atoms with van der Waals surface area (Å²) in [5, 5.41) is 19.2. The van der Waals surface area contributed by atoms with Crippen molar-refractivity contribution in [3.8, 4) is 0 Å². The van der Waals surface area contributed by atoms with Gasteiger partial charge in [-0.25, -0.2) is 5.21 Å². The van der Waals surface area contributed by atoms with Gasteiger partial charge >= 0.3 is 0 Å². The molecule has 2 aliphatic heterocycles. The molecule has 2 rings (SSSR count). The van der Waals surface area contributed by atoms with Crippen LogP contribution in [0.1, 0.15) is 19.3 Å². The Morgan fingerprint density at radius 1 is 1.20 bits per heavy atom. The van der Waals surface area contributed by atoms with Crippen LogP contribution in [0.15, 0.2) is 0 Å². The minimum Gasteiger partial charge on any atom is -0.342 e. The highest BCUT2D eigenvalue weighted by Gasteiger charge is 2.50. The molecule has 3 heteroatoms. The molecule has 3 atom stereocenters. The number of aliphatic hydroxyl groups excluding tert-OH is 1. The first kappa shape index (κ1) is 6.58. The third-order valence-electron chi connectivity index (χ3n) is 2.92.